The fraction of sp³-hybridized carbons (Fsp3) is 0.136. The fourth-order valence-electron chi connectivity index (χ4n) is 3.27. The van der Waals surface area contributed by atoms with Gasteiger partial charge in [-0.1, -0.05) is 30.3 Å². The highest BCUT2D eigenvalue weighted by atomic mass is 32.2. The quantitative estimate of drug-likeness (QED) is 0.529. The average Bonchev–Trinajstić information content (AvgIpc) is 3.16. The normalized spacial score (nSPS) is 13.3. The minimum absolute atomic E-state index is 0.0866. The number of rotatable bonds is 4. The maximum Gasteiger partial charge on any atom is 0.416 e. The van der Waals surface area contributed by atoms with Crippen molar-refractivity contribution >= 4 is 29.2 Å². The van der Waals surface area contributed by atoms with Crippen LogP contribution in [0, 0.1) is 0 Å². The topological polar surface area (TPSA) is 32.3 Å². The van der Waals surface area contributed by atoms with Crippen molar-refractivity contribution in [2.75, 3.05) is 16.2 Å². The Labute approximate surface area is 170 Å². The fourth-order valence-corrected chi connectivity index (χ4v) is 3.97. The van der Waals surface area contributed by atoms with E-state index in [0.29, 0.717) is 17.8 Å². The van der Waals surface area contributed by atoms with Crippen LogP contribution in [0.4, 0.5) is 24.5 Å². The molecule has 0 radical (unpaired) electrons. The molecular formula is C22H17F3N2OS. The minimum Gasteiger partial charge on any atom is -0.326 e. The highest BCUT2D eigenvalue weighted by Gasteiger charge is 2.30. The Hall–Kier alpha value is -2.93. The summed E-state index contributed by atoms with van der Waals surface area (Å²) in [4.78, 5) is 15.5. The Balaban J connectivity index is 1.48. The number of carbonyl (C=O) groups is 1. The van der Waals surface area contributed by atoms with E-state index in [2.05, 4.69) is 4.72 Å². The molecule has 29 heavy (non-hydrogen) atoms. The van der Waals surface area contributed by atoms with E-state index in [1.54, 1.807) is 35.2 Å². The van der Waals surface area contributed by atoms with Crippen LogP contribution in [0.15, 0.2) is 77.7 Å². The van der Waals surface area contributed by atoms with Gasteiger partial charge in [0.15, 0.2) is 0 Å². The number of benzene rings is 3. The van der Waals surface area contributed by atoms with Gasteiger partial charge in [-0.2, -0.15) is 13.2 Å². The van der Waals surface area contributed by atoms with Crippen molar-refractivity contribution in [3.63, 3.8) is 0 Å². The minimum atomic E-state index is -4.39. The molecule has 0 spiro atoms. The molecule has 1 N–H and O–H groups in total. The first-order chi connectivity index (χ1) is 13.9. The Morgan fingerprint density at radius 1 is 0.966 bits per heavy atom. The Morgan fingerprint density at radius 3 is 2.59 bits per heavy atom. The molecule has 0 atom stereocenters. The van der Waals surface area contributed by atoms with Gasteiger partial charge in [-0.05, 0) is 66.4 Å². The number of hydrogen-bond donors (Lipinski definition) is 1. The molecule has 3 aromatic carbocycles. The number of halogens is 3. The summed E-state index contributed by atoms with van der Waals surface area (Å²) in [6, 6.07) is 19.9. The number of para-hydroxylation sites is 1. The van der Waals surface area contributed by atoms with Crippen molar-refractivity contribution in [3.05, 3.63) is 89.5 Å². The smallest absolute Gasteiger partial charge is 0.326 e. The van der Waals surface area contributed by atoms with Crippen LogP contribution in [0.1, 0.15) is 21.5 Å². The number of fused-ring (bicyclic) bond motifs is 1. The van der Waals surface area contributed by atoms with Crippen LogP contribution in [-0.2, 0) is 12.6 Å². The molecule has 1 aliphatic rings. The number of carbonyl (C=O) groups excluding carboxylic acids is 1. The molecule has 0 fully saturated rings. The molecule has 0 saturated heterocycles. The second kappa shape index (κ2) is 7.83. The zero-order valence-corrected chi connectivity index (χ0v) is 16.1. The summed E-state index contributed by atoms with van der Waals surface area (Å²) >= 11 is 1.16. The average molecular weight is 414 g/mol. The monoisotopic (exact) mass is 414 g/mol. The van der Waals surface area contributed by atoms with Crippen molar-refractivity contribution in [2.24, 2.45) is 0 Å². The maximum absolute atomic E-state index is 13.0. The van der Waals surface area contributed by atoms with E-state index in [4.69, 9.17) is 0 Å². The van der Waals surface area contributed by atoms with Gasteiger partial charge in [0.05, 0.1) is 5.56 Å². The maximum atomic E-state index is 13.0. The van der Waals surface area contributed by atoms with Crippen LogP contribution in [0.2, 0.25) is 0 Å². The molecule has 1 amide bonds. The van der Waals surface area contributed by atoms with E-state index < -0.39 is 11.7 Å². The first-order valence-corrected chi connectivity index (χ1v) is 9.83. The highest BCUT2D eigenvalue weighted by molar-refractivity contribution is 8.00. The predicted octanol–water partition coefficient (Wildman–Crippen LogP) is 6.03. The summed E-state index contributed by atoms with van der Waals surface area (Å²) < 4.78 is 41.5. The summed E-state index contributed by atoms with van der Waals surface area (Å²) in [6.45, 7) is 0.637. The van der Waals surface area contributed by atoms with E-state index in [0.717, 1.165) is 46.6 Å². The Bertz CT molecular complexity index is 1050. The summed E-state index contributed by atoms with van der Waals surface area (Å²) in [6.07, 6.45) is -3.56. The summed E-state index contributed by atoms with van der Waals surface area (Å²) in [5, 5.41) is 0. The number of nitrogens with zero attached hydrogens (tertiary/aromatic N) is 1. The van der Waals surface area contributed by atoms with Gasteiger partial charge < -0.3 is 9.62 Å². The third-order valence-corrected chi connectivity index (χ3v) is 5.52. The molecule has 3 nitrogen and oxygen atoms in total. The van der Waals surface area contributed by atoms with Crippen molar-refractivity contribution in [3.8, 4) is 0 Å². The largest absolute Gasteiger partial charge is 0.416 e. The molecule has 3 aromatic rings. The lowest BCUT2D eigenvalue weighted by molar-refractivity contribution is -0.137. The molecule has 1 aliphatic heterocycles. The van der Waals surface area contributed by atoms with Gasteiger partial charge in [0.25, 0.3) is 5.91 Å². The van der Waals surface area contributed by atoms with Crippen molar-refractivity contribution in [1.82, 2.24) is 0 Å². The molecule has 0 aromatic heterocycles. The Morgan fingerprint density at radius 2 is 1.76 bits per heavy atom. The van der Waals surface area contributed by atoms with Gasteiger partial charge in [0.1, 0.15) is 0 Å². The number of hydrogen-bond acceptors (Lipinski definition) is 3. The molecular weight excluding hydrogens is 397 g/mol. The number of alkyl halides is 3. The van der Waals surface area contributed by atoms with E-state index in [1.165, 1.54) is 6.07 Å². The number of nitrogens with one attached hydrogen (secondary N) is 1. The lowest BCUT2D eigenvalue weighted by Gasteiger charge is -2.17. The Kier molecular flexibility index (Phi) is 5.24. The van der Waals surface area contributed by atoms with Crippen LogP contribution in [0.3, 0.4) is 0 Å². The molecule has 0 bridgehead atoms. The first-order valence-electron chi connectivity index (χ1n) is 9.02. The summed E-state index contributed by atoms with van der Waals surface area (Å²) in [7, 11) is 0. The molecule has 148 valence electrons. The standard InChI is InChI=1S/C22H17F3N2OS/c23-22(24,25)17-7-4-8-18(14-17)26-29-19-9-3-6-16(13-19)21(28)27-12-11-15-5-1-2-10-20(15)27/h1-10,13-14,26H,11-12H2. The molecule has 0 unspecified atom stereocenters. The van der Waals surface area contributed by atoms with Crippen molar-refractivity contribution < 1.29 is 18.0 Å². The molecule has 0 saturated carbocycles. The van der Waals surface area contributed by atoms with E-state index in [9.17, 15) is 18.0 Å². The number of amides is 1. The van der Waals surface area contributed by atoms with Crippen LogP contribution < -0.4 is 9.62 Å². The third-order valence-electron chi connectivity index (χ3n) is 4.69. The predicted molar refractivity (Wildman–Crippen MR) is 109 cm³/mol. The molecule has 4 rings (SSSR count). The summed E-state index contributed by atoms with van der Waals surface area (Å²) in [5.74, 6) is -0.0866. The van der Waals surface area contributed by atoms with E-state index in [-0.39, 0.29) is 5.91 Å². The lowest BCUT2D eigenvalue weighted by atomic mass is 10.1. The van der Waals surface area contributed by atoms with Crippen molar-refractivity contribution in [2.45, 2.75) is 17.5 Å². The third kappa shape index (κ3) is 4.24. The zero-order chi connectivity index (χ0) is 20.4. The van der Waals surface area contributed by atoms with Gasteiger partial charge in [-0.3, -0.25) is 4.79 Å². The number of anilines is 2. The SMILES string of the molecule is O=C(c1cccc(SNc2cccc(C(F)(F)F)c2)c1)N1CCc2ccccc21. The molecule has 7 heteroatoms. The second-order valence-corrected chi connectivity index (χ2v) is 7.53. The van der Waals surface area contributed by atoms with Crippen molar-refractivity contribution in [1.29, 1.82) is 0 Å². The van der Waals surface area contributed by atoms with Crippen LogP contribution in [0.5, 0.6) is 0 Å². The molecule has 0 aliphatic carbocycles. The van der Waals surface area contributed by atoms with E-state index >= 15 is 0 Å². The van der Waals surface area contributed by atoms with Gasteiger partial charge in [-0.15, -0.1) is 0 Å². The molecule has 1 heterocycles. The summed E-state index contributed by atoms with van der Waals surface area (Å²) in [5.41, 5.74) is 2.25. The van der Waals surface area contributed by atoms with Crippen LogP contribution in [0.25, 0.3) is 0 Å². The second-order valence-electron chi connectivity index (χ2n) is 6.65. The van der Waals surface area contributed by atoms with Gasteiger partial charge in [0, 0.05) is 28.4 Å². The van der Waals surface area contributed by atoms with E-state index in [1.807, 2.05) is 24.3 Å². The van der Waals surface area contributed by atoms with Crippen LogP contribution >= 0.6 is 11.9 Å². The van der Waals surface area contributed by atoms with Gasteiger partial charge in [0.2, 0.25) is 0 Å². The zero-order valence-electron chi connectivity index (χ0n) is 15.2. The van der Waals surface area contributed by atoms with Gasteiger partial charge in [-0.25, -0.2) is 0 Å². The van der Waals surface area contributed by atoms with Crippen LogP contribution in [-0.4, -0.2) is 12.5 Å². The lowest BCUT2D eigenvalue weighted by Crippen LogP contribution is -2.28. The highest BCUT2D eigenvalue weighted by Crippen LogP contribution is 2.32. The van der Waals surface area contributed by atoms with Gasteiger partial charge >= 0.3 is 6.18 Å². The first kappa shape index (κ1) is 19.4.